The molecule has 0 amide bonds. The summed E-state index contributed by atoms with van der Waals surface area (Å²) in [6, 6.07) is 5.77. The number of hydrogen-bond acceptors (Lipinski definition) is 8. The molecule has 1 heterocycles. The standard InChI is InChI=1S/C13H18O8S/c1-7-2-4-8(5-3-7)22(18,19)21-12-11(16)10(15)9(6-14)20-13(12)17/h2-5,9-17H,6H2,1H3/t9-,10-,11+,12-,13-/m1/s1. The Balaban J connectivity index is 2.20. The second-order valence-corrected chi connectivity index (χ2v) is 6.63. The van der Waals surface area contributed by atoms with Crippen LogP contribution in [-0.4, -0.2) is 66.2 Å². The van der Waals surface area contributed by atoms with E-state index < -0.39 is 47.4 Å². The normalized spacial score (nSPS) is 32.9. The molecule has 1 aromatic rings. The van der Waals surface area contributed by atoms with E-state index in [0.717, 1.165) is 5.56 Å². The highest BCUT2D eigenvalue weighted by Gasteiger charge is 2.46. The fraction of sp³-hybridized carbons (Fsp3) is 0.538. The van der Waals surface area contributed by atoms with E-state index in [4.69, 9.17) is 14.0 Å². The summed E-state index contributed by atoms with van der Waals surface area (Å²) < 4.78 is 33.9. The minimum Gasteiger partial charge on any atom is -0.394 e. The molecule has 0 radical (unpaired) electrons. The van der Waals surface area contributed by atoms with Crippen LogP contribution in [0.5, 0.6) is 0 Å². The van der Waals surface area contributed by atoms with Crippen LogP contribution in [-0.2, 0) is 19.0 Å². The van der Waals surface area contributed by atoms with Gasteiger partial charge in [-0.1, -0.05) is 17.7 Å². The lowest BCUT2D eigenvalue weighted by molar-refractivity contribution is -0.279. The molecule has 1 fully saturated rings. The van der Waals surface area contributed by atoms with Gasteiger partial charge in [0, 0.05) is 0 Å². The zero-order chi connectivity index (χ0) is 16.5. The summed E-state index contributed by atoms with van der Waals surface area (Å²) in [5.41, 5.74) is 0.848. The van der Waals surface area contributed by atoms with Crippen LogP contribution in [0, 0.1) is 6.92 Å². The molecule has 0 aliphatic carbocycles. The summed E-state index contributed by atoms with van der Waals surface area (Å²) in [6.07, 6.45) is -8.07. The first-order chi connectivity index (χ1) is 10.3. The number of hydrogen-bond donors (Lipinski definition) is 4. The van der Waals surface area contributed by atoms with Crippen molar-refractivity contribution in [3.63, 3.8) is 0 Å². The van der Waals surface area contributed by atoms with Crippen LogP contribution in [0.4, 0.5) is 0 Å². The minimum atomic E-state index is -4.26. The molecule has 4 N–H and O–H groups in total. The van der Waals surface area contributed by atoms with Crippen LogP contribution in [0.1, 0.15) is 5.56 Å². The van der Waals surface area contributed by atoms with Crippen molar-refractivity contribution in [3.05, 3.63) is 29.8 Å². The lowest BCUT2D eigenvalue weighted by Gasteiger charge is -2.39. The fourth-order valence-corrected chi connectivity index (χ4v) is 3.16. The Morgan fingerprint density at radius 2 is 1.73 bits per heavy atom. The van der Waals surface area contributed by atoms with Gasteiger partial charge in [0.1, 0.15) is 18.3 Å². The zero-order valence-corrected chi connectivity index (χ0v) is 12.5. The largest absolute Gasteiger partial charge is 0.394 e. The Hall–Kier alpha value is -1.07. The Morgan fingerprint density at radius 3 is 2.27 bits per heavy atom. The van der Waals surface area contributed by atoms with Gasteiger partial charge in [0.05, 0.1) is 11.5 Å². The third kappa shape index (κ3) is 3.46. The van der Waals surface area contributed by atoms with Crippen LogP contribution in [0.2, 0.25) is 0 Å². The molecule has 8 nitrogen and oxygen atoms in total. The van der Waals surface area contributed by atoms with Gasteiger partial charge in [0.2, 0.25) is 0 Å². The molecule has 0 bridgehead atoms. The van der Waals surface area contributed by atoms with Crippen molar-refractivity contribution in [2.75, 3.05) is 6.61 Å². The van der Waals surface area contributed by atoms with E-state index in [9.17, 15) is 23.7 Å². The number of rotatable bonds is 4. The molecule has 1 saturated heterocycles. The van der Waals surface area contributed by atoms with Crippen molar-refractivity contribution in [1.29, 1.82) is 0 Å². The minimum absolute atomic E-state index is 0.156. The highest BCUT2D eigenvalue weighted by atomic mass is 32.2. The predicted molar refractivity (Wildman–Crippen MR) is 73.2 cm³/mol. The third-order valence-corrected chi connectivity index (χ3v) is 4.72. The van der Waals surface area contributed by atoms with Gasteiger partial charge in [-0.2, -0.15) is 8.42 Å². The van der Waals surface area contributed by atoms with E-state index in [1.807, 2.05) is 0 Å². The van der Waals surface area contributed by atoms with Crippen molar-refractivity contribution < 1.29 is 37.8 Å². The van der Waals surface area contributed by atoms with E-state index in [2.05, 4.69) is 0 Å². The van der Waals surface area contributed by atoms with Crippen LogP contribution >= 0.6 is 0 Å². The summed E-state index contributed by atoms with van der Waals surface area (Å²) in [6.45, 7) is 1.14. The van der Waals surface area contributed by atoms with Gasteiger partial charge in [0.25, 0.3) is 10.1 Å². The van der Waals surface area contributed by atoms with Crippen LogP contribution in [0.3, 0.4) is 0 Å². The molecular weight excluding hydrogens is 316 g/mol. The van der Waals surface area contributed by atoms with Crippen molar-refractivity contribution in [3.8, 4) is 0 Å². The second-order valence-electron chi connectivity index (χ2n) is 5.06. The molecule has 0 spiro atoms. The van der Waals surface area contributed by atoms with Crippen LogP contribution < -0.4 is 0 Å². The molecule has 124 valence electrons. The lowest BCUT2D eigenvalue weighted by Crippen LogP contribution is -2.59. The quantitative estimate of drug-likeness (QED) is 0.489. The maximum atomic E-state index is 12.1. The van der Waals surface area contributed by atoms with E-state index >= 15 is 0 Å². The Morgan fingerprint density at radius 1 is 1.14 bits per heavy atom. The number of ether oxygens (including phenoxy) is 1. The van der Waals surface area contributed by atoms with E-state index in [0.29, 0.717) is 0 Å². The summed E-state index contributed by atoms with van der Waals surface area (Å²) >= 11 is 0. The second kappa shape index (κ2) is 6.59. The topological polar surface area (TPSA) is 134 Å². The molecule has 1 aliphatic heterocycles. The molecule has 0 unspecified atom stereocenters. The van der Waals surface area contributed by atoms with Gasteiger partial charge in [-0.3, -0.25) is 4.18 Å². The monoisotopic (exact) mass is 334 g/mol. The highest BCUT2D eigenvalue weighted by Crippen LogP contribution is 2.25. The van der Waals surface area contributed by atoms with E-state index in [1.54, 1.807) is 19.1 Å². The van der Waals surface area contributed by atoms with E-state index in [-0.39, 0.29) is 4.90 Å². The molecule has 0 saturated carbocycles. The summed E-state index contributed by atoms with van der Waals surface area (Å²) in [5.74, 6) is 0. The fourth-order valence-electron chi connectivity index (χ4n) is 2.08. The Bertz CT molecular complexity index is 599. The lowest BCUT2D eigenvalue weighted by atomic mass is 9.99. The Labute approximate surface area is 127 Å². The van der Waals surface area contributed by atoms with Gasteiger partial charge in [0.15, 0.2) is 12.4 Å². The van der Waals surface area contributed by atoms with Gasteiger partial charge in [-0.05, 0) is 19.1 Å². The summed E-state index contributed by atoms with van der Waals surface area (Å²) in [4.78, 5) is -0.156. The summed E-state index contributed by atoms with van der Waals surface area (Å²) in [5, 5.41) is 38.3. The van der Waals surface area contributed by atoms with Crippen molar-refractivity contribution in [1.82, 2.24) is 0 Å². The van der Waals surface area contributed by atoms with Crippen LogP contribution in [0.15, 0.2) is 29.2 Å². The molecular formula is C13H18O8S. The van der Waals surface area contributed by atoms with Gasteiger partial charge >= 0.3 is 0 Å². The van der Waals surface area contributed by atoms with Crippen LogP contribution in [0.25, 0.3) is 0 Å². The first kappa shape index (κ1) is 17.3. The Kier molecular flexibility index (Phi) is 5.17. The number of benzene rings is 1. The first-order valence-electron chi connectivity index (χ1n) is 6.57. The highest BCUT2D eigenvalue weighted by molar-refractivity contribution is 7.86. The van der Waals surface area contributed by atoms with Gasteiger partial charge < -0.3 is 25.2 Å². The predicted octanol–water partition coefficient (Wildman–Crippen LogP) is -1.50. The molecule has 9 heteroatoms. The first-order valence-corrected chi connectivity index (χ1v) is 7.97. The molecule has 2 rings (SSSR count). The SMILES string of the molecule is Cc1ccc(S(=O)(=O)O[C@@H]2[C@@H](O)[C@H](O)[C@@H](CO)O[C@H]2O)cc1. The van der Waals surface area contributed by atoms with Crippen molar-refractivity contribution in [2.24, 2.45) is 0 Å². The molecule has 22 heavy (non-hydrogen) atoms. The number of aliphatic hydroxyl groups excluding tert-OH is 4. The zero-order valence-electron chi connectivity index (χ0n) is 11.7. The average molecular weight is 334 g/mol. The molecule has 1 aliphatic rings. The van der Waals surface area contributed by atoms with Gasteiger partial charge in [-0.25, -0.2) is 0 Å². The smallest absolute Gasteiger partial charge is 0.297 e. The molecule has 1 aromatic carbocycles. The number of aliphatic hydroxyl groups is 4. The number of aryl methyl sites for hydroxylation is 1. The molecule has 0 aromatic heterocycles. The van der Waals surface area contributed by atoms with Crippen molar-refractivity contribution >= 4 is 10.1 Å². The summed E-state index contributed by atoms with van der Waals surface area (Å²) in [7, 11) is -4.26. The average Bonchev–Trinajstić information content (AvgIpc) is 2.48. The van der Waals surface area contributed by atoms with Gasteiger partial charge in [-0.15, -0.1) is 0 Å². The maximum Gasteiger partial charge on any atom is 0.297 e. The maximum absolute atomic E-state index is 12.1. The van der Waals surface area contributed by atoms with Crippen molar-refractivity contribution in [2.45, 2.75) is 42.5 Å². The van der Waals surface area contributed by atoms with E-state index in [1.165, 1.54) is 12.1 Å². The third-order valence-electron chi connectivity index (χ3n) is 3.39. The molecule has 5 atom stereocenters.